The number of furan rings is 1. The lowest BCUT2D eigenvalue weighted by Gasteiger charge is -2.10. The third-order valence-corrected chi connectivity index (χ3v) is 3.95. The number of rotatable bonds is 3. The second-order valence-corrected chi connectivity index (χ2v) is 6.40. The van der Waals surface area contributed by atoms with E-state index in [0.29, 0.717) is 5.76 Å². The number of hydrogen-bond donors (Lipinski definition) is 2. The Kier molecular flexibility index (Phi) is 5.95. The van der Waals surface area contributed by atoms with E-state index < -0.39 is 0 Å². The highest BCUT2D eigenvalue weighted by Crippen LogP contribution is 2.22. The average molecular weight is 477 g/mol. The van der Waals surface area contributed by atoms with Crippen molar-refractivity contribution in [3.05, 3.63) is 56.5 Å². The molecule has 0 saturated heterocycles. The molecule has 0 spiro atoms. The molecule has 0 radical (unpaired) electrons. The van der Waals surface area contributed by atoms with Crippen LogP contribution >= 0.6 is 50.7 Å². The van der Waals surface area contributed by atoms with E-state index in [0.717, 1.165) is 13.7 Å². The maximum Gasteiger partial charge on any atom is 0.250 e. The Bertz CT molecular complexity index is 686. The molecule has 2 N–H and O–H groups in total. The lowest BCUT2D eigenvalue weighted by molar-refractivity contribution is -0.115. The van der Waals surface area contributed by atoms with Crippen LogP contribution in [0.5, 0.6) is 0 Å². The SMILES string of the molecule is O=C(C=Cc1ccco1)NC(=S)Nc1ccc(Br)cc1I. The zero-order valence-corrected chi connectivity index (χ0v) is 15.2. The van der Waals surface area contributed by atoms with Crippen LogP contribution < -0.4 is 10.6 Å². The minimum atomic E-state index is -0.323. The van der Waals surface area contributed by atoms with Crippen molar-refractivity contribution in [3.63, 3.8) is 0 Å². The normalized spacial score (nSPS) is 10.6. The van der Waals surface area contributed by atoms with Crippen molar-refractivity contribution >= 4 is 73.5 Å². The number of halogens is 2. The molecule has 21 heavy (non-hydrogen) atoms. The molecular formula is C14H10BrIN2O2S. The fourth-order valence-electron chi connectivity index (χ4n) is 1.44. The van der Waals surface area contributed by atoms with Crippen molar-refractivity contribution in [2.75, 3.05) is 5.32 Å². The highest BCUT2D eigenvalue weighted by molar-refractivity contribution is 14.1. The Balaban J connectivity index is 1.90. The Morgan fingerprint density at radius 3 is 2.86 bits per heavy atom. The predicted molar refractivity (Wildman–Crippen MR) is 99.0 cm³/mol. The van der Waals surface area contributed by atoms with Crippen LogP contribution in [0.4, 0.5) is 5.69 Å². The van der Waals surface area contributed by atoms with Gasteiger partial charge in [0.05, 0.1) is 12.0 Å². The van der Waals surface area contributed by atoms with Gasteiger partial charge in [0.25, 0.3) is 0 Å². The Morgan fingerprint density at radius 1 is 1.38 bits per heavy atom. The number of amides is 1. The summed E-state index contributed by atoms with van der Waals surface area (Å²) in [5.41, 5.74) is 0.833. The van der Waals surface area contributed by atoms with Gasteiger partial charge in [0.15, 0.2) is 5.11 Å². The van der Waals surface area contributed by atoms with E-state index in [1.807, 2.05) is 18.2 Å². The van der Waals surface area contributed by atoms with Crippen molar-refractivity contribution in [1.82, 2.24) is 5.32 Å². The number of carbonyl (C=O) groups is 1. The summed E-state index contributed by atoms with van der Waals surface area (Å²) in [6.07, 6.45) is 4.47. The van der Waals surface area contributed by atoms with Gasteiger partial charge in [-0.1, -0.05) is 15.9 Å². The number of anilines is 1. The topological polar surface area (TPSA) is 54.3 Å². The van der Waals surface area contributed by atoms with Crippen LogP contribution in [0.3, 0.4) is 0 Å². The molecule has 0 aliphatic heterocycles. The minimum Gasteiger partial charge on any atom is -0.465 e. The van der Waals surface area contributed by atoms with E-state index in [2.05, 4.69) is 49.2 Å². The van der Waals surface area contributed by atoms with Gasteiger partial charge in [0.2, 0.25) is 5.91 Å². The summed E-state index contributed by atoms with van der Waals surface area (Å²) in [5, 5.41) is 5.79. The third kappa shape index (κ3) is 5.25. The van der Waals surface area contributed by atoms with Gasteiger partial charge in [-0.25, -0.2) is 0 Å². The quantitative estimate of drug-likeness (QED) is 0.396. The smallest absolute Gasteiger partial charge is 0.250 e. The molecule has 1 amide bonds. The van der Waals surface area contributed by atoms with E-state index in [1.165, 1.54) is 6.08 Å². The van der Waals surface area contributed by atoms with E-state index in [1.54, 1.807) is 24.5 Å². The summed E-state index contributed by atoms with van der Waals surface area (Å²) in [7, 11) is 0. The lowest BCUT2D eigenvalue weighted by atomic mass is 10.3. The van der Waals surface area contributed by atoms with E-state index in [-0.39, 0.29) is 11.0 Å². The first kappa shape index (κ1) is 16.2. The molecule has 0 atom stereocenters. The summed E-state index contributed by atoms with van der Waals surface area (Å²) in [6, 6.07) is 9.22. The number of thiocarbonyl (C=S) groups is 1. The molecule has 4 nitrogen and oxygen atoms in total. The van der Waals surface area contributed by atoms with Crippen molar-refractivity contribution in [1.29, 1.82) is 0 Å². The van der Waals surface area contributed by atoms with Crippen LogP contribution in [0.1, 0.15) is 5.76 Å². The van der Waals surface area contributed by atoms with Gasteiger partial charge in [-0.15, -0.1) is 0 Å². The van der Waals surface area contributed by atoms with Gasteiger partial charge in [-0.3, -0.25) is 10.1 Å². The summed E-state index contributed by atoms with van der Waals surface area (Å²) in [5.74, 6) is 0.280. The largest absolute Gasteiger partial charge is 0.465 e. The van der Waals surface area contributed by atoms with Crippen LogP contribution in [0.25, 0.3) is 6.08 Å². The number of hydrogen-bond acceptors (Lipinski definition) is 3. The van der Waals surface area contributed by atoms with Gasteiger partial charge in [0.1, 0.15) is 5.76 Å². The molecule has 2 rings (SSSR count). The fraction of sp³-hybridized carbons (Fsp3) is 0. The fourth-order valence-corrected chi connectivity index (χ4v) is 3.09. The second kappa shape index (κ2) is 7.71. The molecule has 0 aliphatic carbocycles. The molecule has 0 bridgehead atoms. The summed E-state index contributed by atoms with van der Waals surface area (Å²) < 4.78 is 7.06. The Morgan fingerprint density at radius 2 is 2.19 bits per heavy atom. The van der Waals surface area contributed by atoms with E-state index >= 15 is 0 Å². The lowest BCUT2D eigenvalue weighted by Crippen LogP contribution is -2.33. The molecule has 7 heteroatoms. The first-order chi connectivity index (χ1) is 10.0. The summed E-state index contributed by atoms with van der Waals surface area (Å²) in [4.78, 5) is 11.7. The summed E-state index contributed by atoms with van der Waals surface area (Å²) >= 11 is 10.7. The first-order valence-corrected chi connectivity index (χ1v) is 8.11. The molecule has 2 aromatic rings. The van der Waals surface area contributed by atoms with Crippen LogP contribution in [0, 0.1) is 3.57 Å². The Hall–Kier alpha value is -1.19. The highest BCUT2D eigenvalue weighted by Gasteiger charge is 2.05. The first-order valence-electron chi connectivity index (χ1n) is 5.83. The third-order valence-electron chi connectivity index (χ3n) is 2.36. The van der Waals surface area contributed by atoms with Crippen molar-refractivity contribution in [3.8, 4) is 0 Å². The molecule has 1 heterocycles. The van der Waals surface area contributed by atoms with Crippen molar-refractivity contribution < 1.29 is 9.21 Å². The van der Waals surface area contributed by atoms with Crippen molar-refractivity contribution in [2.24, 2.45) is 0 Å². The molecule has 108 valence electrons. The molecule has 0 fully saturated rings. The number of nitrogens with one attached hydrogen (secondary N) is 2. The van der Waals surface area contributed by atoms with Crippen LogP contribution in [0.15, 0.2) is 51.6 Å². The zero-order valence-electron chi connectivity index (χ0n) is 10.6. The standard InChI is InChI=1S/C14H10BrIN2O2S/c15-9-3-5-12(11(16)8-9)17-14(21)18-13(19)6-4-10-2-1-7-20-10/h1-8H,(H2,17,18,19,21). The minimum absolute atomic E-state index is 0.240. The number of benzene rings is 1. The molecule has 0 unspecified atom stereocenters. The maximum absolute atomic E-state index is 11.7. The van der Waals surface area contributed by atoms with E-state index in [4.69, 9.17) is 16.6 Å². The van der Waals surface area contributed by atoms with E-state index in [9.17, 15) is 4.79 Å². The van der Waals surface area contributed by atoms with Gasteiger partial charge in [0, 0.05) is 14.1 Å². The molecule has 1 aromatic carbocycles. The van der Waals surface area contributed by atoms with Crippen LogP contribution in [-0.2, 0) is 4.79 Å². The van der Waals surface area contributed by atoms with Gasteiger partial charge in [-0.05, 0) is 71.2 Å². The Labute approximate surface area is 149 Å². The zero-order chi connectivity index (χ0) is 15.2. The van der Waals surface area contributed by atoms with Gasteiger partial charge >= 0.3 is 0 Å². The van der Waals surface area contributed by atoms with Gasteiger partial charge in [-0.2, -0.15) is 0 Å². The van der Waals surface area contributed by atoms with Crippen LogP contribution in [0.2, 0.25) is 0 Å². The summed E-state index contributed by atoms with van der Waals surface area (Å²) in [6.45, 7) is 0. The van der Waals surface area contributed by atoms with Gasteiger partial charge < -0.3 is 9.73 Å². The molecular weight excluding hydrogens is 467 g/mol. The molecule has 0 aliphatic rings. The molecule has 0 saturated carbocycles. The molecule has 1 aromatic heterocycles. The maximum atomic E-state index is 11.7. The van der Waals surface area contributed by atoms with Crippen LogP contribution in [-0.4, -0.2) is 11.0 Å². The predicted octanol–water partition coefficient (Wildman–Crippen LogP) is 4.17. The van der Waals surface area contributed by atoms with Crippen molar-refractivity contribution in [2.45, 2.75) is 0 Å². The average Bonchev–Trinajstić information content (AvgIpc) is 2.93. The highest BCUT2D eigenvalue weighted by atomic mass is 127. The second-order valence-electron chi connectivity index (χ2n) is 3.92. The number of carbonyl (C=O) groups excluding carboxylic acids is 1. The monoisotopic (exact) mass is 476 g/mol.